The molecule has 8 heteroatoms. The largest absolute Gasteiger partial charge is 0.457 e. The van der Waals surface area contributed by atoms with Crippen molar-refractivity contribution in [2.24, 2.45) is 5.73 Å². The van der Waals surface area contributed by atoms with E-state index in [0.717, 1.165) is 0 Å². The molecule has 0 aliphatic carbocycles. The predicted octanol–water partition coefficient (Wildman–Crippen LogP) is 3.33. The second-order valence-corrected chi connectivity index (χ2v) is 6.42. The van der Waals surface area contributed by atoms with E-state index in [9.17, 15) is 14.4 Å². The van der Waals surface area contributed by atoms with Crippen molar-refractivity contribution < 1.29 is 23.9 Å². The van der Waals surface area contributed by atoms with E-state index in [0.29, 0.717) is 22.8 Å². The van der Waals surface area contributed by atoms with Gasteiger partial charge in [-0.2, -0.15) is 0 Å². The van der Waals surface area contributed by atoms with E-state index in [1.807, 2.05) is 30.3 Å². The monoisotopic (exact) mass is 407 g/mol. The quantitative estimate of drug-likeness (QED) is 0.371. The third-order valence-electron chi connectivity index (χ3n) is 4.19. The number of aromatic amines is 1. The molecule has 1 aromatic heterocycles. The lowest BCUT2D eigenvalue weighted by molar-refractivity contribution is -0.143. The molecule has 30 heavy (non-hydrogen) atoms. The summed E-state index contributed by atoms with van der Waals surface area (Å²) in [5.41, 5.74) is 6.22. The number of Topliss-reactive ketones (excluding diaryl/α,β-unsaturated/α-hetero) is 1. The van der Waals surface area contributed by atoms with Crippen molar-refractivity contribution in [2.45, 2.75) is 12.5 Å². The molecule has 154 valence electrons. The molecule has 0 bridgehead atoms. The van der Waals surface area contributed by atoms with Crippen molar-refractivity contribution in [3.05, 3.63) is 84.2 Å². The maximum Gasteiger partial charge on any atom is 0.312 e. The number of hydrogen-bond acceptors (Lipinski definition) is 5. The van der Waals surface area contributed by atoms with Gasteiger partial charge in [0.2, 0.25) is 5.78 Å². The Bertz CT molecular complexity index is 1000. The van der Waals surface area contributed by atoms with Crippen LogP contribution in [0.1, 0.15) is 28.5 Å². The fourth-order valence-corrected chi connectivity index (χ4v) is 2.80. The van der Waals surface area contributed by atoms with E-state index in [2.05, 4.69) is 10.3 Å². The molecule has 0 spiro atoms. The first-order valence-corrected chi connectivity index (χ1v) is 9.22. The number of nitrogens with two attached hydrogens (primary N) is 1. The van der Waals surface area contributed by atoms with Crippen LogP contribution in [0.4, 0.5) is 4.79 Å². The van der Waals surface area contributed by atoms with E-state index in [4.69, 9.17) is 15.2 Å². The highest BCUT2D eigenvalue weighted by atomic mass is 16.5. The molecule has 0 saturated heterocycles. The van der Waals surface area contributed by atoms with Crippen LogP contribution in [0.5, 0.6) is 11.5 Å². The predicted molar refractivity (Wildman–Crippen MR) is 109 cm³/mol. The summed E-state index contributed by atoms with van der Waals surface area (Å²) in [4.78, 5) is 38.4. The molecular weight excluding hydrogens is 386 g/mol. The van der Waals surface area contributed by atoms with Crippen molar-refractivity contribution in [1.29, 1.82) is 0 Å². The highest BCUT2D eigenvalue weighted by molar-refractivity contribution is 5.96. The van der Waals surface area contributed by atoms with Gasteiger partial charge in [-0.15, -0.1) is 0 Å². The van der Waals surface area contributed by atoms with Gasteiger partial charge in [-0.05, 0) is 42.0 Å². The molecule has 0 radical (unpaired) electrons. The van der Waals surface area contributed by atoms with Crippen LogP contribution in [0.15, 0.2) is 72.9 Å². The zero-order valence-electron chi connectivity index (χ0n) is 16.0. The minimum absolute atomic E-state index is 0.199. The number of para-hydroxylation sites is 1. The molecule has 1 unspecified atom stereocenters. The van der Waals surface area contributed by atoms with Crippen LogP contribution in [-0.2, 0) is 9.53 Å². The van der Waals surface area contributed by atoms with E-state index in [1.54, 1.807) is 42.6 Å². The second-order valence-electron chi connectivity index (χ2n) is 6.42. The summed E-state index contributed by atoms with van der Waals surface area (Å²) < 4.78 is 10.8. The lowest BCUT2D eigenvalue weighted by atomic mass is 10.0. The van der Waals surface area contributed by atoms with Gasteiger partial charge >= 0.3 is 12.0 Å². The van der Waals surface area contributed by atoms with Gasteiger partial charge in [-0.25, -0.2) is 4.79 Å². The first-order valence-electron chi connectivity index (χ1n) is 9.22. The number of esters is 1. The van der Waals surface area contributed by atoms with Crippen LogP contribution in [0.25, 0.3) is 0 Å². The zero-order chi connectivity index (χ0) is 21.3. The maximum atomic E-state index is 12.3. The Morgan fingerprint density at radius 2 is 1.73 bits per heavy atom. The van der Waals surface area contributed by atoms with Crippen LogP contribution in [0.3, 0.4) is 0 Å². The highest BCUT2D eigenvalue weighted by Gasteiger charge is 2.20. The Morgan fingerprint density at radius 3 is 2.43 bits per heavy atom. The Hall–Kier alpha value is -4.07. The van der Waals surface area contributed by atoms with Gasteiger partial charge in [0, 0.05) is 6.20 Å². The Kier molecular flexibility index (Phi) is 6.83. The third-order valence-corrected chi connectivity index (χ3v) is 4.19. The molecule has 0 fully saturated rings. The number of carbonyl (C=O) groups excluding carboxylic acids is 3. The van der Waals surface area contributed by atoms with Crippen LogP contribution in [0.2, 0.25) is 0 Å². The molecule has 2 amide bonds. The van der Waals surface area contributed by atoms with Gasteiger partial charge in [0.15, 0.2) is 6.61 Å². The minimum Gasteiger partial charge on any atom is -0.457 e. The fourth-order valence-electron chi connectivity index (χ4n) is 2.80. The molecule has 0 saturated carbocycles. The van der Waals surface area contributed by atoms with Crippen LogP contribution in [0, 0.1) is 0 Å². The topological polar surface area (TPSA) is 124 Å². The summed E-state index contributed by atoms with van der Waals surface area (Å²) in [5, 5.41) is 2.52. The molecule has 4 N–H and O–H groups in total. The normalized spacial score (nSPS) is 11.3. The summed E-state index contributed by atoms with van der Waals surface area (Å²) in [7, 11) is 0. The molecule has 3 aromatic rings. The van der Waals surface area contributed by atoms with Gasteiger partial charge in [0.1, 0.15) is 11.5 Å². The number of urea groups is 1. The number of ether oxygens (including phenoxy) is 2. The van der Waals surface area contributed by atoms with Crippen molar-refractivity contribution in [3.63, 3.8) is 0 Å². The smallest absolute Gasteiger partial charge is 0.312 e. The summed E-state index contributed by atoms with van der Waals surface area (Å²) >= 11 is 0. The maximum absolute atomic E-state index is 12.3. The lowest BCUT2D eigenvalue weighted by Gasteiger charge is -2.18. The number of H-pyrrole nitrogens is 1. The molecule has 3 rings (SSSR count). The number of amides is 2. The van der Waals surface area contributed by atoms with Crippen LogP contribution in [-0.4, -0.2) is 29.4 Å². The van der Waals surface area contributed by atoms with Crippen molar-refractivity contribution in [2.75, 3.05) is 6.61 Å². The summed E-state index contributed by atoms with van der Waals surface area (Å²) in [6.45, 7) is -0.403. The van der Waals surface area contributed by atoms with Gasteiger partial charge in [-0.3, -0.25) is 9.59 Å². The molecular formula is C22H21N3O5. The third kappa shape index (κ3) is 5.96. The van der Waals surface area contributed by atoms with Gasteiger partial charge < -0.3 is 25.5 Å². The molecule has 1 atom stereocenters. The number of aromatic nitrogens is 1. The van der Waals surface area contributed by atoms with E-state index in [-0.39, 0.29) is 12.2 Å². The molecule has 8 nitrogen and oxygen atoms in total. The number of benzene rings is 2. The first-order chi connectivity index (χ1) is 14.5. The first kappa shape index (κ1) is 20.7. The lowest BCUT2D eigenvalue weighted by Crippen LogP contribution is -2.34. The zero-order valence-corrected chi connectivity index (χ0v) is 16.0. The van der Waals surface area contributed by atoms with Crippen LogP contribution < -0.4 is 15.8 Å². The summed E-state index contributed by atoms with van der Waals surface area (Å²) in [6, 6.07) is 17.9. The Balaban J connectivity index is 1.66. The standard InChI is InChI=1S/C22H21N3O5/c23-22(28)25-19(13-21(27)29-14-20(26)18-10-5-11-24-18)15-6-4-9-17(12-15)30-16-7-2-1-3-8-16/h1-12,19,24H,13-14H2,(H3,23,25,28). The number of nitrogens with one attached hydrogen (secondary N) is 2. The number of rotatable bonds is 9. The highest BCUT2D eigenvalue weighted by Crippen LogP contribution is 2.26. The number of primary amides is 1. The Morgan fingerprint density at radius 1 is 0.967 bits per heavy atom. The number of carbonyl (C=O) groups is 3. The van der Waals surface area contributed by atoms with Crippen molar-refractivity contribution in [3.8, 4) is 11.5 Å². The number of hydrogen-bond donors (Lipinski definition) is 3. The fraction of sp³-hybridized carbons (Fsp3) is 0.136. The van der Waals surface area contributed by atoms with Gasteiger partial charge in [-0.1, -0.05) is 30.3 Å². The SMILES string of the molecule is NC(=O)NC(CC(=O)OCC(=O)c1ccc[nH]1)c1cccc(Oc2ccccc2)c1. The number of ketones is 1. The second kappa shape index (κ2) is 9.92. The Labute approximate surface area is 173 Å². The average molecular weight is 407 g/mol. The summed E-state index contributed by atoms with van der Waals surface area (Å²) in [5.74, 6) is 0.176. The van der Waals surface area contributed by atoms with Crippen molar-refractivity contribution >= 4 is 17.8 Å². The molecule has 0 aliphatic rings. The van der Waals surface area contributed by atoms with E-state index < -0.39 is 24.6 Å². The van der Waals surface area contributed by atoms with Crippen LogP contribution >= 0.6 is 0 Å². The van der Waals surface area contributed by atoms with Gasteiger partial charge in [0.25, 0.3) is 0 Å². The minimum atomic E-state index is -0.787. The van der Waals surface area contributed by atoms with E-state index >= 15 is 0 Å². The summed E-state index contributed by atoms with van der Waals surface area (Å²) in [6.07, 6.45) is 1.40. The molecule has 2 aromatic carbocycles. The average Bonchev–Trinajstić information content (AvgIpc) is 3.27. The molecule has 0 aliphatic heterocycles. The van der Waals surface area contributed by atoms with Crippen molar-refractivity contribution in [1.82, 2.24) is 10.3 Å². The molecule has 1 heterocycles. The van der Waals surface area contributed by atoms with E-state index in [1.165, 1.54) is 0 Å². The van der Waals surface area contributed by atoms with Gasteiger partial charge in [0.05, 0.1) is 18.2 Å².